The Morgan fingerprint density at radius 3 is 2.15 bits per heavy atom. The topological polar surface area (TPSA) is 69.7 Å². The van der Waals surface area contributed by atoms with E-state index in [1.165, 1.54) is 24.3 Å². The second-order valence-electron chi connectivity index (χ2n) is 7.33. The van der Waals surface area contributed by atoms with Gasteiger partial charge >= 0.3 is 0 Å². The monoisotopic (exact) mass is 375 g/mol. The van der Waals surface area contributed by atoms with E-state index in [0.717, 1.165) is 12.8 Å². The first kappa shape index (κ1) is 19.3. The van der Waals surface area contributed by atoms with Crippen LogP contribution < -0.4 is 5.32 Å². The van der Waals surface area contributed by atoms with Gasteiger partial charge in [-0.2, -0.15) is 0 Å². The molecule has 2 aliphatic heterocycles. The van der Waals surface area contributed by atoms with E-state index in [1.807, 2.05) is 4.90 Å². The Labute approximate surface area is 158 Å². The van der Waals surface area contributed by atoms with Gasteiger partial charge in [-0.3, -0.25) is 14.4 Å². The predicted octanol–water partition coefficient (Wildman–Crippen LogP) is 1.80. The molecule has 1 aromatic rings. The average Bonchev–Trinajstić information content (AvgIpc) is 3.21. The minimum Gasteiger partial charge on any atom is -0.343 e. The maximum Gasteiger partial charge on any atom is 0.251 e. The van der Waals surface area contributed by atoms with Gasteiger partial charge in [0.15, 0.2) is 0 Å². The van der Waals surface area contributed by atoms with E-state index in [0.29, 0.717) is 44.6 Å². The van der Waals surface area contributed by atoms with Crippen molar-refractivity contribution in [2.45, 2.75) is 38.6 Å². The number of nitrogens with zero attached hydrogens (tertiary/aromatic N) is 2. The van der Waals surface area contributed by atoms with Crippen molar-refractivity contribution in [3.05, 3.63) is 35.6 Å². The van der Waals surface area contributed by atoms with Crippen LogP contribution in [0.3, 0.4) is 0 Å². The minimum absolute atomic E-state index is 0.0156. The number of amides is 3. The van der Waals surface area contributed by atoms with Crippen LogP contribution >= 0.6 is 0 Å². The molecule has 7 heteroatoms. The number of piperidine rings is 1. The lowest BCUT2D eigenvalue weighted by Crippen LogP contribution is -2.54. The number of hydrogen-bond acceptors (Lipinski definition) is 3. The van der Waals surface area contributed by atoms with Crippen LogP contribution in [0.4, 0.5) is 4.39 Å². The molecular weight excluding hydrogens is 349 g/mol. The zero-order valence-electron chi connectivity index (χ0n) is 15.6. The molecule has 2 saturated heterocycles. The Morgan fingerprint density at radius 1 is 1.00 bits per heavy atom. The van der Waals surface area contributed by atoms with Crippen molar-refractivity contribution in [2.75, 3.05) is 26.2 Å². The van der Waals surface area contributed by atoms with Crippen LogP contribution in [0.2, 0.25) is 0 Å². The molecule has 146 valence electrons. The molecule has 0 unspecified atom stereocenters. The van der Waals surface area contributed by atoms with Crippen LogP contribution in [0.5, 0.6) is 0 Å². The summed E-state index contributed by atoms with van der Waals surface area (Å²) in [5.41, 5.74) is 0.330. The summed E-state index contributed by atoms with van der Waals surface area (Å²) in [5.74, 6) is -0.817. The number of benzene rings is 1. The summed E-state index contributed by atoms with van der Waals surface area (Å²) in [4.78, 5) is 40.8. The molecule has 27 heavy (non-hydrogen) atoms. The van der Waals surface area contributed by atoms with Gasteiger partial charge in [-0.25, -0.2) is 4.39 Å². The first-order valence-corrected chi connectivity index (χ1v) is 9.56. The molecule has 3 rings (SSSR count). The number of halogens is 1. The van der Waals surface area contributed by atoms with Gasteiger partial charge in [0.05, 0.1) is 0 Å². The largest absolute Gasteiger partial charge is 0.343 e. The Bertz CT molecular complexity index is 693. The standard InChI is InChI=1S/C20H26FN3O3/c1-14(25)23-12-8-15(9-13-23)18(20(27)24-10-2-3-11-24)22-19(26)16-4-6-17(21)7-5-16/h4-7,15,18H,2-3,8-13H2,1H3,(H,22,26)/t18-/m0/s1. The van der Waals surface area contributed by atoms with Crippen molar-refractivity contribution < 1.29 is 18.8 Å². The summed E-state index contributed by atoms with van der Waals surface area (Å²) in [6.45, 7) is 4.16. The maximum absolute atomic E-state index is 13.1. The molecule has 2 aliphatic rings. The molecule has 6 nitrogen and oxygen atoms in total. The summed E-state index contributed by atoms with van der Waals surface area (Å²) in [5, 5.41) is 2.89. The fraction of sp³-hybridized carbons (Fsp3) is 0.550. The highest BCUT2D eigenvalue weighted by atomic mass is 19.1. The normalized spacial score (nSPS) is 19.0. The summed E-state index contributed by atoms with van der Waals surface area (Å²) in [6, 6.07) is 4.69. The molecule has 3 amide bonds. The second kappa shape index (κ2) is 8.50. The molecule has 0 aliphatic carbocycles. The molecule has 1 N–H and O–H groups in total. The average molecular weight is 375 g/mol. The summed E-state index contributed by atoms with van der Waals surface area (Å²) in [6.07, 6.45) is 3.31. The van der Waals surface area contributed by atoms with E-state index in [1.54, 1.807) is 11.8 Å². The van der Waals surface area contributed by atoms with Crippen LogP contribution in [0.15, 0.2) is 24.3 Å². The third-order valence-electron chi connectivity index (χ3n) is 5.53. The quantitative estimate of drug-likeness (QED) is 0.873. The molecule has 0 spiro atoms. The molecule has 0 radical (unpaired) electrons. The maximum atomic E-state index is 13.1. The molecule has 0 aromatic heterocycles. The molecule has 1 aromatic carbocycles. The fourth-order valence-electron chi connectivity index (χ4n) is 3.89. The van der Waals surface area contributed by atoms with E-state index in [-0.39, 0.29) is 23.6 Å². The number of likely N-dealkylation sites (tertiary alicyclic amines) is 2. The molecular formula is C20H26FN3O3. The Hall–Kier alpha value is -2.44. The first-order valence-electron chi connectivity index (χ1n) is 9.56. The van der Waals surface area contributed by atoms with Gasteiger partial charge in [-0.15, -0.1) is 0 Å². The second-order valence-corrected chi connectivity index (χ2v) is 7.33. The molecule has 1 atom stereocenters. The summed E-state index contributed by atoms with van der Waals surface area (Å²) < 4.78 is 13.1. The third kappa shape index (κ3) is 4.64. The zero-order valence-corrected chi connectivity index (χ0v) is 15.6. The number of carbonyl (C=O) groups is 3. The van der Waals surface area contributed by atoms with Crippen molar-refractivity contribution in [1.82, 2.24) is 15.1 Å². The Balaban J connectivity index is 1.73. The smallest absolute Gasteiger partial charge is 0.251 e. The van der Waals surface area contributed by atoms with Gasteiger partial charge < -0.3 is 15.1 Å². The van der Waals surface area contributed by atoms with Crippen LogP contribution in [0.25, 0.3) is 0 Å². The lowest BCUT2D eigenvalue weighted by Gasteiger charge is -2.36. The van der Waals surface area contributed by atoms with Crippen molar-refractivity contribution in [2.24, 2.45) is 5.92 Å². The van der Waals surface area contributed by atoms with E-state index < -0.39 is 11.9 Å². The summed E-state index contributed by atoms with van der Waals surface area (Å²) in [7, 11) is 0. The van der Waals surface area contributed by atoms with Crippen molar-refractivity contribution >= 4 is 17.7 Å². The van der Waals surface area contributed by atoms with Gasteiger partial charge in [-0.05, 0) is 55.9 Å². The van der Waals surface area contributed by atoms with Crippen LogP contribution in [-0.2, 0) is 9.59 Å². The van der Waals surface area contributed by atoms with E-state index >= 15 is 0 Å². The highest BCUT2D eigenvalue weighted by Gasteiger charge is 2.36. The van der Waals surface area contributed by atoms with E-state index in [9.17, 15) is 18.8 Å². The molecule has 2 fully saturated rings. The Kier molecular flexibility index (Phi) is 6.08. The predicted molar refractivity (Wildman–Crippen MR) is 98.4 cm³/mol. The van der Waals surface area contributed by atoms with Crippen molar-refractivity contribution in [3.8, 4) is 0 Å². The highest BCUT2D eigenvalue weighted by molar-refractivity contribution is 5.97. The van der Waals surface area contributed by atoms with Crippen LogP contribution in [0, 0.1) is 11.7 Å². The zero-order chi connectivity index (χ0) is 19.4. The van der Waals surface area contributed by atoms with E-state index in [2.05, 4.69) is 5.32 Å². The first-order chi connectivity index (χ1) is 13.0. The van der Waals surface area contributed by atoms with Gasteiger partial charge in [0, 0.05) is 38.7 Å². The third-order valence-corrected chi connectivity index (χ3v) is 5.53. The molecule has 2 heterocycles. The van der Waals surface area contributed by atoms with Crippen molar-refractivity contribution in [1.29, 1.82) is 0 Å². The SMILES string of the molecule is CC(=O)N1CCC([C@H](NC(=O)c2ccc(F)cc2)C(=O)N2CCCC2)CC1. The molecule has 0 bridgehead atoms. The summed E-state index contributed by atoms with van der Waals surface area (Å²) >= 11 is 0. The van der Waals surface area contributed by atoms with E-state index in [4.69, 9.17) is 0 Å². The highest BCUT2D eigenvalue weighted by Crippen LogP contribution is 2.24. The van der Waals surface area contributed by atoms with Crippen molar-refractivity contribution in [3.63, 3.8) is 0 Å². The number of nitrogens with one attached hydrogen (secondary N) is 1. The lowest BCUT2D eigenvalue weighted by molar-refractivity contribution is -0.134. The minimum atomic E-state index is -0.616. The van der Waals surface area contributed by atoms with Gasteiger partial charge in [0.1, 0.15) is 11.9 Å². The lowest BCUT2D eigenvalue weighted by atomic mass is 9.88. The number of rotatable bonds is 4. The van der Waals surface area contributed by atoms with Crippen LogP contribution in [-0.4, -0.2) is 59.7 Å². The van der Waals surface area contributed by atoms with Gasteiger partial charge in [0.2, 0.25) is 11.8 Å². The molecule has 0 saturated carbocycles. The van der Waals surface area contributed by atoms with Gasteiger partial charge in [-0.1, -0.05) is 0 Å². The number of carbonyl (C=O) groups excluding carboxylic acids is 3. The number of hydrogen-bond donors (Lipinski definition) is 1. The van der Waals surface area contributed by atoms with Gasteiger partial charge in [0.25, 0.3) is 5.91 Å². The van der Waals surface area contributed by atoms with Crippen LogP contribution in [0.1, 0.15) is 43.0 Å². The Morgan fingerprint density at radius 2 is 1.59 bits per heavy atom. The fourth-order valence-corrected chi connectivity index (χ4v) is 3.89.